The summed E-state index contributed by atoms with van der Waals surface area (Å²) in [7, 11) is 0. The predicted molar refractivity (Wildman–Crippen MR) is 108 cm³/mol. The molecule has 4 N–H and O–H groups in total. The number of anilines is 1. The summed E-state index contributed by atoms with van der Waals surface area (Å²) in [5.41, 5.74) is 17.3. The van der Waals surface area contributed by atoms with Gasteiger partial charge >= 0.3 is 0 Å². The smallest absolute Gasteiger partial charge is 0.159 e. The van der Waals surface area contributed by atoms with Crippen LogP contribution in [0.1, 0.15) is 24.1 Å². The SMILES string of the molecule is CC1NNc2ccc(-c3cncc(OC[C@@H](N)Cc4ccc(F)c(F)c4)c3)cc21. The number of fused-ring (bicyclic) bond motifs is 1. The van der Waals surface area contributed by atoms with Gasteiger partial charge in [-0.05, 0) is 60.4 Å². The number of pyridine rings is 1. The number of nitrogens with one attached hydrogen (secondary N) is 2. The van der Waals surface area contributed by atoms with E-state index in [0.29, 0.717) is 17.7 Å². The summed E-state index contributed by atoms with van der Waals surface area (Å²) in [4.78, 5) is 4.27. The summed E-state index contributed by atoms with van der Waals surface area (Å²) in [6, 6.07) is 11.8. The average Bonchev–Trinajstić information content (AvgIpc) is 3.10. The highest BCUT2D eigenvalue weighted by Gasteiger charge is 2.18. The molecule has 1 unspecified atom stereocenters. The van der Waals surface area contributed by atoms with Gasteiger partial charge in [0.2, 0.25) is 0 Å². The first-order valence-electron chi connectivity index (χ1n) is 9.43. The lowest BCUT2D eigenvalue weighted by Gasteiger charge is -2.14. The fraction of sp³-hybridized carbons (Fsp3) is 0.227. The van der Waals surface area contributed by atoms with Crippen LogP contribution in [-0.4, -0.2) is 17.6 Å². The second-order valence-electron chi connectivity index (χ2n) is 7.23. The number of benzene rings is 2. The summed E-state index contributed by atoms with van der Waals surface area (Å²) >= 11 is 0. The molecule has 0 saturated heterocycles. The van der Waals surface area contributed by atoms with Crippen LogP contribution >= 0.6 is 0 Å². The van der Waals surface area contributed by atoms with Gasteiger partial charge in [0, 0.05) is 17.8 Å². The molecule has 7 heteroatoms. The lowest BCUT2D eigenvalue weighted by molar-refractivity contribution is 0.286. The van der Waals surface area contributed by atoms with Gasteiger partial charge in [0.05, 0.1) is 17.9 Å². The van der Waals surface area contributed by atoms with Gasteiger partial charge in [-0.3, -0.25) is 4.98 Å². The molecule has 4 rings (SSSR count). The van der Waals surface area contributed by atoms with Crippen LogP contribution < -0.4 is 21.3 Å². The van der Waals surface area contributed by atoms with Crippen molar-refractivity contribution in [1.29, 1.82) is 0 Å². The molecule has 0 aliphatic carbocycles. The summed E-state index contributed by atoms with van der Waals surface area (Å²) in [6.07, 6.45) is 3.80. The molecule has 0 bridgehead atoms. The maximum atomic E-state index is 13.3. The van der Waals surface area contributed by atoms with Crippen molar-refractivity contribution in [1.82, 2.24) is 10.4 Å². The first kappa shape index (κ1) is 19.3. The van der Waals surface area contributed by atoms with E-state index in [1.54, 1.807) is 12.4 Å². The maximum Gasteiger partial charge on any atom is 0.159 e. The molecule has 2 heterocycles. The summed E-state index contributed by atoms with van der Waals surface area (Å²) in [6.45, 7) is 2.33. The zero-order chi connectivity index (χ0) is 20.4. The van der Waals surface area contributed by atoms with Crippen molar-refractivity contribution in [2.75, 3.05) is 12.0 Å². The molecule has 0 fully saturated rings. The number of aromatic nitrogens is 1. The van der Waals surface area contributed by atoms with Gasteiger partial charge in [0.15, 0.2) is 11.6 Å². The Morgan fingerprint density at radius 2 is 1.93 bits per heavy atom. The molecule has 1 aliphatic heterocycles. The summed E-state index contributed by atoms with van der Waals surface area (Å²) < 4.78 is 32.2. The molecule has 1 aromatic heterocycles. The number of ether oxygens (including phenoxy) is 1. The molecule has 5 nitrogen and oxygen atoms in total. The summed E-state index contributed by atoms with van der Waals surface area (Å²) in [5.74, 6) is -1.14. The highest BCUT2D eigenvalue weighted by molar-refractivity contribution is 5.70. The van der Waals surface area contributed by atoms with Crippen molar-refractivity contribution in [2.45, 2.75) is 25.4 Å². The molecule has 0 spiro atoms. The van der Waals surface area contributed by atoms with E-state index in [4.69, 9.17) is 10.5 Å². The van der Waals surface area contributed by atoms with Crippen LogP contribution in [-0.2, 0) is 6.42 Å². The quantitative estimate of drug-likeness (QED) is 0.588. The van der Waals surface area contributed by atoms with Crippen LogP contribution in [0.15, 0.2) is 54.9 Å². The van der Waals surface area contributed by atoms with E-state index >= 15 is 0 Å². The second kappa shape index (κ2) is 8.14. The molecule has 0 radical (unpaired) electrons. The van der Waals surface area contributed by atoms with Crippen molar-refractivity contribution in [3.63, 3.8) is 0 Å². The molecule has 29 heavy (non-hydrogen) atoms. The van der Waals surface area contributed by atoms with E-state index in [0.717, 1.165) is 28.9 Å². The van der Waals surface area contributed by atoms with Gasteiger partial charge in [0.1, 0.15) is 12.4 Å². The van der Waals surface area contributed by atoms with Crippen molar-refractivity contribution >= 4 is 5.69 Å². The molecule has 1 aliphatic rings. The Morgan fingerprint density at radius 1 is 1.07 bits per heavy atom. The highest BCUT2D eigenvalue weighted by Crippen LogP contribution is 2.33. The lowest BCUT2D eigenvalue weighted by Crippen LogP contribution is -2.30. The number of hydrazine groups is 1. The number of nitrogens with zero attached hydrogens (tertiary/aromatic N) is 1. The Balaban J connectivity index is 1.41. The summed E-state index contributed by atoms with van der Waals surface area (Å²) in [5, 5.41) is 0. The molecular formula is C22H22F2N4O. The minimum atomic E-state index is -0.874. The standard InChI is InChI=1S/C22H22F2N4O/c1-13-19-9-15(3-5-22(19)28-27-13)16-8-18(11-26-10-16)29-12-17(25)6-14-2-4-20(23)21(24)7-14/h2-5,7-11,13,17,27-28H,6,12,25H2,1H3/t13?,17-/m0/s1. The fourth-order valence-electron chi connectivity index (χ4n) is 3.37. The van der Waals surface area contributed by atoms with E-state index in [-0.39, 0.29) is 18.7 Å². The minimum absolute atomic E-state index is 0.228. The normalized spacial score (nSPS) is 16.2. The molecular weight excluding hydrogens is 374 g/mol. The minimum Gasteiger partial charge on any atom is -0.490 e. The van der Waals surface area contributed by atoms with E-state index < -0.39 is 11.6 Å². The van der Waals surface area contributed by atoms with E-state index in [2.05, 4.69) is 28.8 Å². The van der Waals surface area contributed by atoms with Gasteiger partial charge in [0.25, 0.3) is 0 Å². The second-order valence-corrected chi connectivity index (χ2v) is 7.23. The van der Waals surface area contributed by atoms with Crippen LogP contribution in [0.5, 0.6) is 5.75 Å². The lowest BCUT2D eigenvalue weighted by atomic mass is 10.0. The van der Waals surface area contributed by atoms with Crippen molar-refractivity contribution in [2.24, 2.45) is 5.73 Å². The fourth-order valence-corrected chi connectivity index (χ4v) is 3.37. The third-order valence-electron chi connectivity index (χ3n) is 4.93. The molecule has 0 saturated carbocycles. The van der Waals surface area contributed by atoms with E-state index in [1.165, 1.54) is 11.6 Å². The zero-order valence-corrected chi connectivity index (χ0v) is 16.0. The van der Waals surface area contributed by atoms with Crippen LogP contribution in [0.3, 0.4) is 0 Å². The first-order chi connectivity index (χ1) is 14.0. The van der Waals surface area contributed by atoms with Gasteiger partial charge in [-0.15, -0.1) is 0 Å². The van der Waals surface area contributed by atoms with Gasteiger partial charge in [-0.2, -0.15) is 0 Å². The third kappa shape index (κ3) is 4.36. The van der Waals surface area contributed by atoms with Crippen LogP contribution in [0.25, 0.3) is 11.1 Å². The predicted octanol–water partition coefficient (Wildman–Crippen LogP) is 3.97. The Bertz CT molecular complexity index is 1030. The Morgan fingerprint density at radius 3 is 2.76 bits per heavy atom. The van der Waals surface area contributed by atoms with Gasteiger partial charge in [-0.25, -0.2) is 14.2 Å². The largest absolute Gasteiger partial charge is 0.490 e. The molecule has 2 aromatic carbocycles. The molecule has 0 amide bonds. The Labute approximate surface area is 167 Å². The number of hydrogen-bond donors (Lipinski definition) is 3. The van der Waals surface area contributed by atoms with Crippen LogP contribution in [0.4, 0.5) is 14.5 Å². The van der Waals surface area contributed by atoms with Crippen LogP contribution in [0.2, 0.25) is 0 Å². The van der Waals surface area contributed by atoms with Crippen LogP contribution in [0, 0.1) is 11.6 Å². The molecule has 150 valence electrons. The number of nitrogens with two attached hydrogens (primary N) is 1. The van der Waals surface area contributed by atoms with Gasteiger partial charge in [-0.1, -0.05) is 12.1 Å². The van der Waals surface area contributed by atoms with E-state index in [1.807, 2.05) is 18.2 Å². The topological polar surface area (TPSA) is 72.2 Å². The number of halogens is 2. The number of rotatable bonds is 6. The number of hydrogen-bond acceptors (Lipinski definition) is 5. The Hall–Kier alpha value is -3.03. The van der Waals surface area contributed by atoms with E-state index in [9.17, 15) is 8.78 Å². The van der Waals surface area contributed by atoms with Crippen molar-refractivity contribution in [3.05, 3.63) is 77.6 Å². The maximum absolute atomic E-state index is 13.3. The highest BCUT2D eigenvalue weighted by atomic mass is 19.2. The third-order valence-corrected chi connectivity index (χ3v) is 4.93. The average molecular weight is 396 g/mol. The van der Waals surface area contributed by atoms with Crippen molar-refractivity contribution < 1.29 is 13.5 Å². The monoisotopic (exact) mass is 396 g/mol. The van der Waals surface area contributed by atoms with Crippen molar-refractivity contribution in [3.8, 4) is 16.9 Å². The zero-order valence-electron chi connectivity index (χ0n) is 16.0. The first-order valence-corrected chi connectivity index (χ1v) is 9.43. The molecule has 3 aromatic rings. The van der Waals surface area contributed by atoms with Gasteiger partial charge < -0.3 is 15.9 Å². The Kier molecular flexibility index (Phi) is 5.42. The molecule has 2 atom stereocenters.